The van der Waals surface area contributed by atoms with Crippen molar-refractivity contribution in [2.24, 2.45) is 11.7 Å². The molecule has 1 rings (SSSR count). The van der Waals surface area contributed by atoms with Crippen LogP contribution in [0.1, 0.15) is 32.6 Å². The molecular formula is C12H24N2O2. The Hall–Kier alpha value is -0.610. The number of amides is 1. The van der Waals surface area contributed by atoms with E-state index in [-0.39, 0.29) is 12.5 Å². The molecule has 1 saturated heterocycles. The number of nitrogens with two attached hydrogens (primary N) is 1. The van der Waals surface area contributed by atoms with E-state index in [0.717, 1.165) is 31.8 Å². The number of rotatable bonds is 5. The Labute approximate surface area is 98.1 Å². The molecule has 16 heavy (non-hydrogen) atoms. The molecule has 0 saturated carbocycles. The Bertz CT molecular complexity index is 209. The molecule has 1 aliphatic rings. The average Bonchev–Trinajstić information content (AvgIpc) is 2.54. The molecule has 4 nitrogen and oxygen atoms in total. The molecule has 2 N–H and O–H groups in total. The van der Waals surface area contributed by atoms with Gasteiger partial charge in [-0.15, -0.1) is 0 Å². The van der Waals surface area contributed by atoms with Crippen LogP contribution < -0.4 is 5.73 Å². The van der Waals surface area contributed by atoms with Crippen LogP contribution in [-0.4, -0.2) is 43.7 Å². The summed E-state index contributed by atoms with van der Waals surface area (Å²) in [6.07, 6.45) is 4.75. The van der Waals surface area contributed by atoms with Crippen molar-refractivity contribution in [2.45, 2.75) is 32.6 Å². The lowest BCUT2D eigenvalue weighted by Crippen LogP contribution is -2.35. The van der Waals surface area contributed by atoms with E-state index in [1.54, 1.807) is 0 Å². The SMILES string of the molecule is CCC1CCCN(C(=O)COCCN)CC1. The first-order chi connectivity index (χ1) is 7.77. The molecule has 1 atom stereocenters. The molecule has 0 bridgehead atoms. The molecule has 1 fully saturated rings. The van der Waals surface area contributed by atoms with Gasteiger partial charge in [0.1, 0.15) is 6.61 Å². The van der Waals surface area contributed by atoms with Crippen LogP contribution in [0.3, 0.4) is 0 Å². The van der Waals surface area contributed by atoms with Crippen LogP contribution in [0.5, 0.6) is 0 Å². The first-order valence-electron chi connectivity index (χ1n) is 6.33. The summed E-state index contributed by atoms with van der Waals surface area (Å²) >= 11 is 0. The lowest BCUT2D eigenvalue weighted by atomic mass is 9.98. The van der Waals surface area contributed by atoms with Crippen LogP contribution in [0.2, 0.25) is 0 Å². The molecule has 0 aromatic carbocycles. The number of nitrogens with zero attached hydrogens (tertiary/aromatic N) is 1. The van der Waals surface area contributed by atoms with Crippen molar-refractivity contribution in [3.63, 3.8) is 0 Å². The fraction of sp³-hybridized carbons (Fsp3) is 0.917. The number of hydrogen-bond acceptors (Lipinski definition) is 3. The van der Waals surface area contributed by atoms with Gasteiger partial charge in [0.15, 0.2) is 0 Å². The number of carbonyl (C=O) groups excluding carboxylic acids is 1. The van der Waals surface area contributed by atoms with Gasteiger partial charge >= 0.3 is 0 Å². The van der Waals surface area contributed by atoms with Crippen molar-refractivity contribution < 1.29 is 9.53 Å². The molecule has 94 valence electrons. The predicted octanol–water partition coefficient (Wildman–Crippen LogP) is 1.00. The normalized spacial score (nSPS) is 21.9. The van der Waals surface area contributed by atoms with E-state index in [1.165, 1.54) is 12.8 Å². The minimum absolute atomic E-state index is 0.116. The predicted molar refractivity (Wildman–Crippen MR) is 64.1 cm³/mol. The van der Waals surface area contributed by atoms with E-state index in [0.29, 0.717) is 13.2 Å². The van der Waals surface area contributed by atoms with Gasteiger partial charge < -0.3 is 15.4 Å². The van der Waals surface area contributed by atoms with Gasteiger partial charge in [0.25, 0.3) is 0 Å². The van der Waals surface area contributed by atoms with Crippen molar-refractivity contribution in [3.8, 4) is 0 Å². The van der Waals surface area contributed by atoms with Gasteiger partial charge in [-0.25, -0.2) is 0 Å². The molecule has 0 spiro atoms. The van der Waals surface area contributed by atoms with Gasteiger partial charge in [-0.3, -0.25) is 4.79 Å². The third-order valence-electron chi connectivity index (χ3n) is 3.27. The highest BCUT2D eigenvalue weighted by atomic mass is 16.5. The molecule has 0 radical (unpaired) electrons. The number of likely N-dealkylation sites (tertiary alicyclic amines) is 1. The summed E-state index contributed by atoms with van der Waals surface area (Å²) in [6, 6.07) is 0. The highest BCUT2D eigenvalue weighted by Crippen LogP contribution is 2.20. The molecule has 1 aliphatic heterocycles. The fourth-order valence-corrected chi connectivity index (χ4v) is 2.16. The van der Waals surface area contributed by atoms with E-state index < -0.39 is 0 Å². The maximum Gasteiger partial charge on any atom is 0.248 e. The van der Waals surface area contributed by atoms with Gasteiger partial charge in [0, 0.05) is 19.6 Å². The van der Waals surface area contributed by atoms with Crippen molar-refractivity contribution in [3.05, 3.63) is 0 Å². The largest absolute Gasteiger partial charge is 0.370 e. The summed E-state index contributed by atoms with van der Waals surface area (Å²) in [4.78, 5) is 13.7. The third kappa shape index (κ3) is 4.49. The van der Waals surface area contributed by atoms with Crippen molar-refractivity contribution in [1.29, 1.82) is 0 Å². The highest BCUT2D eigenvalue weighted by Gasteiger charge is 2.19. The van der Waals surface area contributed by atoms with E-state index in [9.17, 15) is 4.79 Å². The quantitative estimate of drug-likeness (QED) is 0.714. The topological polar surface area (TPSA) is 55.6 Å². The smallest absolute Gasteiger partial charge is 0.248 e. The number of ether oxygens (including phenoxy) is 1. The Morgan fingerprint density at radius 3 is 2.94 bits per heavy atom. The second-order valence-electron chi connectivity index (χ2n) is 4.43. The lowest BCUT2D eigenvalue weighted by Gasteiger charge is -2.20. The molecule has 0 aliphatic carbocycles. The Morgan fingerprint density at radius 1 is 1.44 bits per heavy atom. The van der Waals surface area contributed by atoms with Crippen LogP contribution in [0.15, 0.2) is 0 Å². The summed E-state index contributed by atoms with van der Waals surface area (Å²) < 4.78 is 5.18. The van der Waals surface area contributed by atoms with E-state index in [2.05, 4.69) is 6.92 Å². The molecule has 0 aromatic rings. The van der Waals surface area contributed by atoms with Crippen molar-refractivity contribution >= 4 is 5.91 Å². The second kappa shape index (κ2) is 7.63. The third-order valence-corrected chi connectivity index (χ3v) is 3.27. The number of carbonyl (C=O) groups is 1. The first-order valence-corrected chi connectivity index (χ1v) is 6.33. The van der Waals surface area contributed by atoms with Crippen molar-refractivity contribution in [2.75, 3.05) is 32.8 Å². The van der Waals surface area contributed by atoms with Gasteiger partial charge in [0.2, 0.25) is 5.91 Å². The lowest BCUT2D eigenvalue weighted by molar-refractivity contribution is -0.136. The highest BCUT2D eigenvalue weighted by molar-refractivity contribution is 5.77. The molecule has 1 heterocycles. The molecule has 4 heteroatoms. The average molecular weight is 228 g/mol. The van der Waals surface area contributed by atoms with Crippen LogP contribution in [0.4, 0.5) is 0 Å². The maximum atomic E-state index is 11.8. The standard InChI is InChI=1S/C12H24N2O2/c1-2-11-4-3-7-14(8-5-11)12(15)10-16-9-6-13/h11H,2-10,13H2,1H3. The molecule has 1 amide bonds. The minimum atomic E-state index is 0.116. The fourth-order valence-electron chi connectivity index (χ4n) is 2.16. The zero-order valence-electron chi connectivity index (χ0n) is 10.3. The Morgan fingerprint density at radius 2 is 2.25 bits per heavy atom. The van der Waals surface area contributed by atoms with Gasteiger partial charge in [-0.05, 0) is 25.2 Å². The Balaban J connectivity index is 2.27. The first kappa shape index (κ1) is 13.5. The van der Waals surface area contributed by atoms with Crippen molar-refractivity contribution in [1.82, 2.24) is 4.90 Å². The number of hydrogen-bond donors (Lipinski definition) is 1. The summed E-state index contributed by atoms with van der Waals surface area (Å²) in [7, 11) is 0. The van der Waals surface area contributed by atoms with Crippen LogP contribution in [-0.2, 0) is 9.53 Å². The summed E-state index contributed by atoms with van der Waals surface area (Å²) in [5, 5.41) is 0. The summed E-state index contributed by atoms with van der Waals surface area (Å²) in [5.74, 6) is 0.910. The van der Waals surface area contributed by atoms with Gasteiger partial charge in [-0.2, -0.15) is 0 Å². The van der Waals surface area contributed by atoms with Crippen LogP contribution >= 0.6 is 0 Å². The van der Waals surface area contributed by atoms with E-state index in [1.807, 2.05) is 4.90 Å². The minimum Gasteiger partial charge on any atom is -0.370 e. The summed E-state index contributed by atoms with van der Waals surface area (Å²) in [5.41, 5.74) is 5.30. The van der Waals surface area contributed by atoms with Gasteiger partial charge in [0.05, 0.1) is 6.61 Å². The van der Waals surface area contributed by atoms with Crippen LogP contribution in [0.25, 0.3) is 0 Å². The van der Waals surface area contributed by atoms with E-state index >= 15 is 0 Å². The van der Waals surface area contributed by atoms with Gasteiger partial charge in [-0.1, -0.05) is 13.3 Å². The molecule has 0 aromatic heterocycles. The summed E-state index contributed by atoms with van der Waals surface area (Å²) in [6.45, 7) is 5.15. The zero-order chi connectivity index (χ0) is 11.8. The molecule has 1 unspecified atom stereocenters. The monoisotopic (exact) mass is 228 g/mol. The zero-order valence-corrected chi connectivity index (χ0v) is 10.3. The molecular weight excluding hydrogens is 204 g/mol. The van der Waals surface area contributed by atoms with Crippen LogP contribution in [0, 0.1) is 5.92 Å². The Kier molecular flexibility index (Phi) is 6.42. The van der Waals surface area contributed by atoms with E-state index in [4.69, 9.17) is 10.5 Å². The second-order valence-corrected chi connectivity index (χ2v) is 4.43. The maximum absolute atomic E-state index is 11.8.